The molecule has 1 aromatic heterocycles. The third-order valence-electron chi connectivity index (χ3n) is 2.80. The van der Waals surface area contributed by atoms with Crippen LogP contribution in [0.3, 0.4) is 0 Å². The summed E-state index contributed by atoms with van der Waals surface area (Å²) in [5, 5.41) is 3.46. The average molecular weight is 302 g/mol. The van der Waals surface area contributed by atoms with Gasteiger partial charge in [-0.3, -0.25) is 4.79 Å². The molecule has 0 spiro atoms. The molecule has 0 saturated heterocycles. The lowest BCUT2D eigenvalue weighted by atomic mass is 10.2. The van der Waals surface area contributed by atoms with E-state index in [1.807, 2.05) is 20.1 Å². The summed E-state index contributed by atoms with van der Waals surface area (Å²) in [5.74, 6) is 1.40. The number of anilines is 1. The Balaban J connectivity index is 2.94. The lowest BCUT2D eigenvalue weighted by Crippen LogP contribution is -2.37. The van der Waals surface area contributed by atoms with Crippen LogP contribution in [0.1, 0.15) is 24.3 Å². The van der Waals surface area contributed by atoms with Crippen LogP contribution in [0.2, 0.25) is 5.02 Å². The molecule has 0 aliphatic carbocycles. The predicted molar refractivity (Wildman–Crippen MR) is 83.3 cm³/mol. The molecule has 106 valence electrons. The molecule has 0 fully saturated rings. The zero-order chi connectivity index (χ0) is 14.4. The van der Waals surface area contributed by atoms with E-state index in [4.69, 9.17) is 11.6 Å². The minimum Gasteiger partial charge on any atom is -0.370 e. The molecule has 0 radical (unpaired) electrons. The molecule has 1 heterocycles. The van der Waals surface area contributed by atoms with Crippen LogP contribution < -0.4 is 5.32 Å². The van der Waals surface area contributed by atoms with Gasteiger partial charge in [0.1, 0.15) is 11.5 Å². The largest absolute Gasteiger partial charge is 0.370 e. The molecule has 1 unspecified atom stereocenters. The zero-order valence-corrected chi connectivity index (χ0v) is 13.3. The Morgan fingerprint density at radius 2 is 2.26 bits per heavy atom. The number of rotatable bonds is 6. The molecule has 4 nitrogen and oxygen atoms in total. The highest BCUT2D eigenvalue weighted by molar-refractivity contribution is 7.98. The maximum absolute atomic E-state index is 12.4. The molecule has 6 heteroatoms. The maximum atomic E-state index is 12.4. The lowest BCUT2D eigenvalue weighted by Gasteiger charge is -2.24. The minimum absolute atomic E-state index is 0.142. The molecule has 0 saturated carbocycles. The number of nitrogens with zero attached hydrogens (tertiary/aromatic N) is 2. The standard InChI is InChI=1S/C13H20ClN3OS/c1-5-15-11-7-6-10(14)12(16-11)13(18)17(3)9(2)8-19-4/h6-7,9H,5,8H2,1-4H3,(H,15,16). The highest BCUT2D eigenvalue weighted by Crippen LogP contribution is 2.19. The van der Waals surface area contributed by atoms with E-state index in [9.17, 15) is 4.79 Å². The molecule has 19 heavy (non-hydrogen) atoms. The third kappa shape index (κ3) is 4.28. The number of aromatic nitrogens is 1. The van der Waals surface area contributed by atoms with E-state index < -0.39 is 0 Å². The van der Waals surface area contributed by atoms with Gasteiger partial charge in [0.2, 0.25) is 0 Å². The fourth-order valence-corrected chi connectivity index (χ4v) is 2.48. The van der Waals surface area contributed by atoms with E-state index >= 15 is 0 Å². The van der Waals surface area contributed by atoms with Gasteiger partial charge >= 0.3 is 0 Å². The lowest BCUT2D eigenvalue weighted by molar-refractivity contribution is 0.0752. The van der Waals surface area contributed by atoms with Gasteiger partial charge in [0.15, 0.2) is 0 Å². The topological polar surface area (TPSA) is 45.2 Å². The van der Waals surface area contributed by atoms with Crippen LogP contribution in [0.5, 0.6) is 0 Å². The van der Waals surface area contributed by atoms with Crippen LogP contribution in [0.4, 0.5) is 5.82 Å². The number of carbonyl (C=O) groups is 1. The number of halogens is 1. The molecule has 0 bridgehead atoms. The van der Waals surface area contributed by atoms with E-state index in [0.29, 0.717) is 16.5 Å². The van der Waals surface area contributed by atoms with Crippen molar-refractivity contribution in [2.45, 2.75) is 19.9 Å². The fourth-order valence-electron chi connectivity index (χ4n) is 1.59. The van der Waals surface area contributed by atoms with Crippen molar-refractivity contribution in [1.29, 1.82) is 0 Å². The van der Waals surface area contributed by atoms with Crippen LogP contribution in [0.15, 0.2) is 12.1 Å². The molecule has 1 amide bonds. The zero-order valence-electron chi connectivity index (χ0n) is 11.7. The number of pyridine rings is 1. The SMILES string of the molecule is CCNc1ccc(Cl)c(C(=O)N(C)C(C)CSC)n1. The summed E-state index contributed by atoms with van der Waals surface area (Å²) in [4.78, 5) is 18.3. The molecule has 1 rings (SSSR count). The van der Waals surface area contributed by atoms with Crippen LogP contribution in [0.25, 0.3) is 0 Å². The number of nitrogens with one attached hydrogen (secondary N) is 1. The summed E-state index contributed by atoms with van der Waals surface area (Å²) >= 11 is 7.78. The number of amides is 1. The predicted octanol–water partition coefficient (Wildman–Crippen LogP) is 2.99. The number of carbonyl (C=O) groups excluding carboxylic acids is 1. The van der Waals surface area contributed by atoms with E-state index in [1.54, 1.807) is 35.8 Å². The van der Waals surface area contributed by atoms with Gasteiger partial charge in [-0.25, -0.2) is 4.98 Å². The molecule has 1 atom stereocenters. The van der Waals surface area contributed by atoms with Crippen molar-refractivity contribution in [3.05, 3.63) is 22.8 Å². The van der Waals surface area contributed by atoms with Crippen LogP contribution in [-0.4, -0.2) is 47.4 Å². The second-order valence-electron chi connectivity index (χ2n) is 4.28. The van der Waals surface area contributed by atoms with E-state index in [1.165, 1.54) is 0 Å². The first-order valence-corrected chi connectivity index (χ1v) is 7.95. The van der Waals surface area contributed by atoms with Crippen molar-refractivity contribution in [2.24, 2.45) is 0 Å². The Hall–Kier alpha value is -0.940. The maximum Gasteiger partial charge on any atom is 0.274 e. The monoisotopic (exact) mass is 301 g/mol. The molecule has 0 aliphatic heterocycles. The van der Waals surface area contributed by atoms with Gasteiger partial charge in [-0.05, 0) is 32.2 Å². The van der Waals surface area contributed by atoms with Crippen molar-refractivity contribution in [3.8, 4) is 0 Å². The average Bonchev–Trinajstić information content (AvgIpc) is 2.40. The Labute approximate surface area is 123 Å². The summed E-state index contributed by atoms with van der Waals surface area (Å²) in [6.07, 6.45) is 2.02. The van der Waals surface area contributed by atoms with Crippen molar-refractivity contribution in [1.82, 2.24) is 9.88 Å². The summed E-state index contributed by atoms with van der Waals surface area (Å²) in [7, 11) is 1.78. The molecule has 0 aliphatic rings. The van der Waals surface area contributed by atoms with Gasteiger partial charge in [0.25, 0.3) is 5.91 Å². The van der Waals surface area contributed by atoms with E-state index in [-0.39, 0.29) is 11.9 Å². The molecular formula is C13H20ClN3OS. The molecule has 1 N–H and O–H groups in total. The Bertz CT molecular complexity index is 442. The van der Waals surface area contributed by atoms with Gasteiger partial charge in [-0.15, -0.1) is 0 Å². The van der Waals surface area contributed by atoms with E-state index in [0.717, 1.165) is 12.3 Å². The number of thioether (sulfide) groups is 1. The van der Waals surface area contributed by atoms with Gasteiger partial charge in [-0.2, -0.15) is 11.8 Å². The molecule has 0 aromatic carbocycles. The first kappa shape index (κ1) is 16.1. The number of hydrogen-bond acceptors (Lipinski definition) is 4. The quantitative estimate of drug-likeness (QED) is 0.877. The van der Waals surface area contributed by atoms with Gasteiger partial charge in [0, 0.05) is 25.4 Å². The molecule has 1 aromatic rings. The minimum atomic E-state index is -0.147. The normalized spacial score (nSPS) is 12.1. The summed E-state index contributed by atoms with van der Waals surface area (Å²) in [6, 6.07) is 3.61. The van der Waals surface area contributed by atoms with Crippen LogP contribution in [-0.2, 0) is 0 Å². The Morgan fingerprint density at radius 1 is 1.58 bits per heavy atom. The molecular weight excluding hydrogens is 282 g/mol. The highest BCUT2D eigenvalue weighted by Gasteiger charge is 2.21. The van der Waals surface area contributed by atoms with Crippen molar-refractivity contribution >= 4 is 35.1 Å². The second kappa shape index (κ2) is 7.60. The highest BCUT2D eigenvalue weighted by atomic mass is 35.5. The van der Waals surface area contributed by atoms with Gasteiger partial charge in [0.05, 0.1) is 5.02 Å². The van der Waals surface area contributed by atoms with Crippen molar-refractivity contribution in [2.75, 3.05) is 30.9 Å². The van der Waals surface area contributed by atoms with Crippen molar-refractivity contribution in [3.63, 3.8) is 0 Å². The Kier molecular flexibility index (Phi) is 6.45. The first-order valence-electron chi connectivity index (χ1n) is 6.17. The summed E-state index contributed by atoms with van der Waals surface area (Å²) < 4.78 is 0. The summed E-state index contributed by atoms with van der Waals surface area (Å²) in [6.45, 7) is 4.74. The second-order valence-corrected chi connectivity index (χ2v) is 5.60. The van der Waals surface area contributed by atoms with Crippen LogP contribution >= 0.6 is 23.4 Å². The smallest absolute Gasteiger partial charge is 0.274 e. The Morgan fingerprint density at radius 3 is 2.84 bits per heavy atom. The fraction of sp³-hybridized carbons (Fsp3) is 0.538. The third-order valence-corrected chi connectivity index (χ3v) is 3.92. The van der Waals surface area contributed by atoms with Gasteiger partial charge < -0.3 is 10.2 Å². The summed E-state index contributed by atoms with van der Waals surface area (Å²) in [5.41, 5.74) is 0.301. The van der Waals surface area contributed by atoms with E-state index in [2.05, 4.69) is 10.3 Å². The first-order chi connectivity index (χ1) is 9.01. The van der Waals surface area contributed by atoms with Crippen molar-refractivity contribution < 1.29 is 4.79 Å². The number of hydrogen-bond donors (Lipinski definition) is 1. The van der Waals surface area contributed by atoms with Crippen LogP contribution in [0, 0.1) is 0 Å². The van der Waals surface area contributed by atoms with Gasteiger partial charge in [-0.1, -0.05) is 11.6 Å².